The molecule has 0 N–H and O–H groups in total. The predicted octanol–water partition coefficient (Wildman–Crippen LogP) is 6.50. The molecule has 1 aromatic heterocycles. The van der Waals surface area contributed by atoms with Crippen LogP contribution in [0.5, 0.6) is 0 Å². The SMILES string of the molecule is [C-]#[N+]c1ccccc1-c1nc(C2(CN(C(=O)OC(C)(C)C)[C@H]3CC3c3ccccc3)CCC2)no1. The van der Waals surface area contributed by atoms with Crippen LogP contribution in [0.3, 0.4) is 0 Å². The zero-order valence-corrected chi connectivity index (χ0v) is 20.4. The number of amides is 1. The molecule has 2 fully saturated rings. The fourth-order valence-corrected chi connectivity index (χ4v) is 4.90. The Morgan fingerprint density at radius 1 is 1.17 bits per heavy atom. The number of rotatable bonds is 6. The summed E-state index contributed by atoms with van der Waals surface area (Å²) in [7, 11) is 0. The van der Waals surface area contributed by atoms with E-state index in [0.717, 1.165) is 25.7 Å². The second-order valence-electron chi connectivity index (χ2n) is 10.6. The summed E-state index contributed by atoms with van der Waals surface area (Å²) in [5.74, 6) is 1.24. The van der Waals surface area contributed by atoms with E-state index in [1.807, 2.05) is 62.1 Å². The molecule has 7 nitrogen and oxygen atoms in total. The Hall–Kier alpha value is -3.66. The Bertz CT molecular complexity index is 1250. The van der Waals surface area contributed by atoms with E-state index in [1.165, 1.54) is 5.56 Å². The highest BCUT2D eigenvalue weighted by molar-refractivity contribution is 5.73. The fourth-order valence-electron chi connectivity index (χ4n) is 4.90. The van der Waals surface area contributed by atoms with Gasteiger partial charge in [-0.3, -0.25) is 0 Å². The molecule has 3 aromatic rings. The third-order valence-electron chi connectivity index (χ3n) is 6.95. The van der Waals surface area contributed by atoms with Crippen molar-refractivity contribution >= 4 is 11.8 Å². The lowest BCUT2D eigenvalue weighted by atomic mass is 9.67. The predicted molar refractivity (Wildman–Crippen MR) is 132 cm³/mol. The molecule has 5 rings (SSSR count). The molecule has 0 spiro atoms. The smallest absolute Gasteiger partial charge is 0.410 e. The van der Waals surface area contributed by atoms with Crippen LogP contribution in [-0.2, 0) is 10.2 Å². The van der Waals surface area contributed by atoms with E-state index in [0.29, 0.717) is 35.4 Å². The monoisotopic (exact) mass is 470 g/mol. The van der Waals surface area contributed by atoms with Gasteiger partial charge in [0.2, 0.25) is 5.89 Å². The van der Waals surface area contributed by atoms with E-state index >= 15 is 0 Å². The van der Waals surface area contributed by atoms with E-state index in [2.05, 4.69) is 22.1 Å². The minimum atomic E-state index is -0.581. The van der Waals surface area contributed by atoms with Crippen molar-refractivity contribution in [2.45, 2.75) is 69.4 Å². The quantitative estimate of drug-likeness (QED) is 0.384. The van der Waals surface area contributed by atoms with Gasteiger partial charge in [0.1, 0.15) is 5.60 Å². The summed E-state index contributed by atoms with van der Waals surface area (Å²) in [6.07, 6.45) is 3.40. The van der Waals surface area contributed by atoms with Gasteiger partial charge < -0.3 is 14.2 Å². The van der Waals surface area contributed by atoms with E-state index in [-0.39, 0.29) is 17.6 Å². The molecule has 2 saturated carbocycles. The number of hydrogen-bond acceptors (Lipinski definition) is 5. The van der Waals surface area contributed by atoms with Crippen molar-refractivity contribution in [2.75, 3.05) is 6.54 Å². The Balaban J connectivity index is 1.43. The van der Waals surface area contributed by atoms with Gasteiger partial charge in [-0.15, -0.1) is 0 Å². The van der Waals surface area contributed by atoms with Crippen LogP contribution in [0.4, 0.5) is 10.5 Å². The fraction of sp³-hybridized carbons (Fsp3) is 0.429. The number of carbonyl (C=O) groups excluding carboxylic acids is 1. The molecule has 35 heavy (non-hydrogen) atoms. The normalized spacial score (nSPS) is 20.4. The topological polar surface area (TPSA) is 72.8 Å². The van der Waals surface area contributed by atoms with Crippen LogP contribution in [0.1, 0.15) is 63.8 Å². The molecule has 0 aliphatic heterocycles. The van der Waals surface area contributed by atoms with Crippen molar-refractivity contribution in [2.24, 2.45) is 0 Å². The van der Waals surface area contributed by atoms with E-state index in [1.54, 1.807) is 6.07 Å². The molecule has 1 unspecified atom stereocenters. The molecule has 2 atom stereocenters. The first-order valence-electron chi connectivity index (χ1n) is 12.2. The molecule has 180 valence electrons. The molecular formula is C28H30N4O3. The van der Waals surface area contributed by atoms with Crippen LogP contribution in [-0.4, -0.2) is 39.3 Å². The van der Waals surface area contributed by atoms with Gasteiger partial charge in [0.25, 0.3) is 0 Å². The number of para-hydroxylation sites is 1. The minimum Gasteiger partial charge on any atom is -0.444 e. The highest BCUT2D eigenvalue weighted by Crippen LogP contribution is 2.49. The molecule has 0 bridgehead atoms. The number of hydrogen-bond donors (Lipinski definition) is 0. The third kappa shape index (κ3) is 4.66. The van der Waals surface area contributed by atoms with Gasteiger partial charge in [0.15, 0.2) is 11.5 Å². The van der Waals surface area contributed by atoms with Gasteiger partial charge in [-0.25, -0.2) is 9.64 Å². The average Bonchev–Trinajstić information content (AvgIpc) is 3.45. The molecule has 0 saturated heterocycles. The highest BCUT2D eigenvalue weighted by atomic mass is 16.6. The van der Waals surface area contributed by atoms with Crippen LogP contribution >= 0.6 is 0 Å². The Labute approximate surface area is 205 Å². The second-order valence-corrected chi connectivity index (χ2v) is 10.6. The van der Waals surface area contributed by atoms with Crippen molar-refractivity contribution in [1.29, 1.82) is 0 Å². The molecule has 7 heteroatoms. The largest absolute Gasteiger partial charge is 0.444 e. The number of ether oxygens (including phenoxy) is 1. The van der Waals surface area contributed by atoms with Crippen molar-refractivity contribution in [3.05, 3.63) is 77.4 Å². The van der Waals surface area contributed by atoms with Gasteiger partial charge in [0.05, 0.1) is 12.0 Å². The summed E-state index contributed by atoms with van der Waals surface area (Å²) < 4.78 is 11.5. The molecule has 1 heterocycles. The summed E-state index contributed by atoms with van der Waals surface area (Å²) in [6, 6.07) is 17.7. The molecule has 2 aliphatic carbocycles. The van der Waals surface area contributed by atoms with Gasteiger partial charge >= 0.3 is 6.09 Å². The lowest BCUT2D eigenvalue weighted by Crippen LogP contribution is -2.50. The average molecular weight is 471 g/mol. The zero-order valence-electron chi connectivity index (χ0n) is 20.4. The van der Waals surface area contributed by atoms with Crippen LogP contribution in [0.2, 0.25) is 0 Å². The van der Waals surface area contributed by atoms with E-state index < -0.39 is 5.60 Å². The number of aromatic nitrogens is 2. The molecule has 2 aliphatic rings. The molecule has 1 amide bonds. The lowest BCUT2D eigenvalue weighted by Gasteiger charge is -2.43. The first kappa shape index (κ1) is 23.1. The van der Waals surface area contributed by atoms with E-state index in [9.17, 15) is 4.79 Å². The summed E-state index contributed by atoms with van der Waals surface area (Å²) in [6.45, 7) is 13.6. The Kier molecular flexibility index (Phi) is 5.84. The van der Waals surface area contributed by atoms with Gasteiger partial charge in [-0.2, -0.15) is 4.98 Å². The second kappa shape index (κ2) is 8.84. The standard InChI is InChI=1S/C28H30N4O3/c1-27(2,3)34-26(33)32(23-17-21(23)19-11-6-5-7-12-19)18-28(15-10-16-28)25-30-24(35-31-25)20-13-8-9-14-22(20)29-4/h5-9,11-14,21,23H,10,15-18H2,1-3H3/t21?,23-/m0/s1. The molecule has 0 radical (unpaired) electrons. The number of carbonyl (C=O) groups is 1. The summed E-state index contributed by atoms with van der Waals surface area (Å²) in [5, 5.41) is 4.34. The maximum Gasteiger partial charge on any atom is 0.410 e. The summed E-state index contributed by atoms with van der Waals surface area (Å²) >= 11 is 0. The number of nitrogens with zero attached hydrogens (tertiary/aromatic N) is 4. The van der Waals surface area contributed by atoms with Crippen LogP contribution in [0.15, 0.2) is 59.1 Å². The maximum absolute atomic E-state index is 13.4. The van der Waals surface area contributed by atoms with Crippen molar-refractivity contribution in [1.82, 2.24) is 15.0 Å². The third-order valence-corrected chi connectivity index (χ3v) is 6.95. The Morgan fingerprint density at radius 3 is 2.54 bits per heavy atom. The first-order chi connectivity index (χ1) is 16.8. The van der Waals surface area contributed by atoms with Crippen molar-refractivity contribution < 1.29 is 14.1 Å². The minimum absolute atomic E-state index is 0.0823. The number of benzene rings is 2. The molecular weight excluding hydrogens is 440 g/mol. The van der Waals surface area contributed by atoms with Crippen LogP contribution in [0, 0.1) is 6.57 Å². The van der Waals surface area contributed by atoms with Crippen LogP contribution in [0.25, 0.3) is 16.3 Å². The van der Waals surface area contributed by atoms with Crippen molar-refractivity contribution in [3.8, 4) is 11.5 Å². The van der Waals surface area contributed by atoms with Gasteiger partial charge in [-0.1, -0.05) is 66.2 Å². The maximum atomic E-state index is 13.4. The van der Waals surface area contributed by atoms with Gasteiger partial charge in [0, 0.05) is 24.1 Å². The van der Waals surface area contributed by atoms with Crippen molar-refractivity contribution in [3.63, 3.8) is 0 Å². The zero-order chi connectivity index (χ0) is 24.6. The summed E-state index contributed by atoms with van der Waals surface area (Å²) in [4.78, 5) is 23.6. The lowest BCUT2D eigenvalue weighted by molar-refractivity contribution is 0.0123. The first-order valence-corrected chi connectivity index (χ1v) is 12.2. The summed E-state index contributed by atoms with van der Waals surface area (Å²) in [5.41, 5.74) is 1.39. The van der Waals surface area contributed by atoms with E-state index in [4.69, 9.17) is 20.8 Å². The highest BCUT2D eigenvalue weighted by Gasteiger charge is 2.52. The molecule has 2 aromatic carbocycles. The van der Waals surface area contributed by atoms with Gasteiger partial charge in [-0.05, 0) is 45.6 Å². The van der Waals surface area contributed by atoms with Crippen LogP contribution < -0.4 is 0 Å². The Morgan fingerprint density at radius 2 is 1.89 bits per heavy atom.